The summed E-state index contributed by atoms with van der Waals surface area (Å²) in [4.78, 5) is 23.8. The number of nitro groups is 1. The van der Waals surface area contributed by atoms with E-state index in [9.17, 15) is 23.3 Å². The van der Waals surface area contributed by atoms with Gasteiger partial charge in [-0.2, -0.15) is 0 Å². The molecule has 0 radical (unpaired) electrons. The number of hydrogen-bond acceptors (Lipinski definition) is 5. The topological polar surface area (TPSA) is 130 Å². The lowest BCUT2D eigenvalue weighted by molar-refractivity contribution is -0.384. The first kappa shape index (κ1) is 20.3. The summed E-state index contributed by atoms with van der Waals surface area (Å²) >= 11 is 0. The Kier molecular flexibility index (Phi) is 6.85. The number of rotatable bonds is 8. The van der Waals surface area contributed by atoms with Crippen LogP contribution >= 0.6 is 0 Å². The standard InChI is InChI=1S/C17H20N4O5S/c1-2-3-4-13-5-11-16(12-6-13)27(25,26)20-19-17(22)18-14-7-9-15(10-8-14)21(23)24/h5-12,20H,2-4H2,1H3,(H2,18,19,22). The Labute approximate surface area is 157 Å². The van der Waals surface area contributed by atoms with Crippen LogP contribution in [0.1, 0.15) is 25.3 Å². The predicted molar refractivity (Wildman–Crippen MR) is 101 cm³/mol. The van der Waals surface area contributed by atoms with Crippen molar-refractivity contribution in [2.24, 2.45) is 0 Å². The third-order valence-electron chi connectivity index (χ3n) is 3.69. The quantitative estimate of drug-likeness (QED) is 0.470. The highest BCUT2D eigenvalue weighted by Crippen LogP contribution is 2.15. The Bertz CT molecular complexity index is 896. The highest BCUT2D eigenvalue weighted by molar-refractivity contribution is 7.89. The highest BCUT2D eigenvalue weighted by Gasteiger charge is 2.15. The number of aryl methyl sites for hydroxylation is 1. The molecule has 2 amide bonds. The van der Waals surface area contributed by atoms with E-state index >= 15 is 0 Å². The average Bonchev–Trinajstić information content (AvgIpc) is 2.65. The largest absolute Gasteiger partial charge is 0.334 e. The van der Waals surface area contributed by atoms with Crippen molar-refractivity contribution in [2.45, 2.75) is 31.1 Å². The number of hydrazine groups is 1. The molecule has 0 aromatic heterocycles. The van der Waals surface area contributed by atoms with Gasteiger partial charge in [0.15, 0.2) is 0 Å². The van der Waals surface area contributed by atoms with Gasteiger partial charge in [-0.05, 0) is 42.7 Å². The minimum absolute atomic E-state index is 0.0263. The lowest BCUT2D eigenvalue weighted by Crippen LogP contribution is -2.43. The maximum Gasteiger partial charge on any atom is 0.334 e. The van der Waals surface area contributed by atoms with Gasteiger partial charge in [0, 0.05) is 17.8 Å². The summed E-state index contributed by atoms with van der Waals surface area (Å²) in [6.07, 6.45) is 2.95. The van der Waals surface area contributed by atoms with Gasteiger partial charge in [0.05, 0.1) is 9.82 Å². The molecule has 0 aliphatic rings. The lowest BCUT2D eigenvalue weighted by atomic mass is 10.1. The smallest absolute Gasteiger partial charge is 0.307 e. The van der Waals surface area contributed by atoms with E-state index in [0.29, 0.717) is 0 Å². The van der Waals surface area contributed by atoms with E-state index in [1.807, 2.05) is 10.3 Å². The molecule has 2 aromatic carbocycles. The van der Waals surface area contributed by atoms with E-state index in [2.05, 4.69) is 12.2 Å². The zero-order valence-corrected chi connectivity index (χ0v) is 15.5. The summed E-state index contributed by atoms with van der Waals surface area (Å²) in [6, 6.07) is 10.7. The van der Waals surface area contributed by atoms with Gasteiger partial charge >= 0.3 is 6.03 Å². The van der Waals surface area contributed by atoms with Crippen molar-refractivity contribution in [3.05, 3.63) is 64.2 Å². The van der Waals surface area contributed by atoms with Crippen LogP contribution in [0.2, 0.25) is 0 Å². The molecule has 0 atom stereocenters. The number of nitrogens with one attached hydrogen (secondary N) is 3. The fourth-order valence-electron chi connectivity index (χ4n) is 2.22. The molecule has 144 valence electrons. The average molecular weight is 392 g/mol. The van der Waals surface area contributed by atoms with E-state index in [4.69, 9.17) is 0 Å². The number of nitrogens with zero attached hydrogens (tertiary/aromatic N) is 1. The number of urea groups is 1. The molecule has 10 heteroatoms. The van der Waals surface area contributed by atoms with Crippen LogP contribution < -0.4 is 15.6 Å². The van der Waals surface area contributed by atoms with E-state index in [-0.39, 0.29) is 16.3 Å². The number of non-ortho nitro benzene ring substituents is 1. The minimum Gasteiger partial charge on any atom is -0.307 e. The van der Waals surface area contributed by atoms with Crippen LogP contribution in [0.4, 0.5) is 16.2 Å². The molecule has 0 unspecified atom stereocenters. The van der Waals surface area contributed by atoms with Crippen LogP contribution in [-0.2, 0) is 16.4 Å². The molecule has 0 fully saturated rings. The summed E-state index contributed by atoms with van der Waals surface area (Å²) in [5, 5.41) is 12.9. The first-order chi connectivity index (χ1) is 12.8. The molecule has 0 saturated carbocycles. The van der Waals surface area contributed by atoms with E-state index < -0.39 is 21.0 Å². The molecule has 0 aliphatic carbocycles. The number of carbonyl (C=O) groups is 1. The minimum atomic E-state index is -3.91. The molecule has 0 spiro atoms. The monoisotopic (exact) mass is 392 g/mol. The van der Waals surface area contributed by atoms with Crippen LogP contribution in [0.25, 0.3) is 0 Å². The Hall–Kier alpha value is -2.98. The van der Waals surface area contributed by atoms with Gasteiger partial charge in [-0.1, -0.05) is 25.5 Å². The van der Waals surface area contributed by atoms with E-state index in [1.165, 1.54) is 36.4 Å². The first-order valence-corrected chi connectivity index (χ1v) is 9.72. The van der Waals surface area contributed by atoms with Gasteiger partial charge in [-0.25, -0.2) is 13.2 Å². The molecular weight excluding hydrogens is 372 g/mol. The first-order valence-electron chi connectivity index (χ1n) is 8.24. The number of amides is 2. The van der Waals surface area contributed by atoms with Gasteiger partial charge in [-0.15, -0.1) is 4.83 Å². The third kappa shape index (κ3) is 6.04. The third-order valence-corrected chi connectivity index (χ3v) is 4.95. The van der Waals surface area contributed by atoms with Crippen LogP contribution in [0.5, 0.6) is 0 Å². The summed E-state index contributed by atoms with van der Waals surface area (Å²) in [7, 11) is -3.91. The van der Waals surface area contributed by atoms with E-state index in [1.54, 1.807) is 12.1 Å². The number of benzene rings is 2. The molecule has 0 aliphatic heterocycles. The lowest BCUT2D eigenvalue weighted by Gasteiger charge is -2.10. The van der Waals surface area contributed by atoms with E-state index in [0.717, 1.165) is 24.8 Å². The van der Waals surface area contributed by atoms with Crippen LogP contribution in [0, 0.1) is 10.1 Å². The molecule has 2 aromatic rings. The fourth-order valence-corrected chi connectivity index (χ4v) is 3.06. The van der Waals surface area contributed by atoms with Gasteiger partial charge in [0.1, 0.15) is 0 Å². The Morgan fingerprint density at radius 3 is 2.26 bits per heavy atom. The summed E-state index contributed by atoms with van der Waals surface area (Å²) < 4.78 is 24.4. The fraction of sp³-hybridized carbons (Fsp3) is 0.235. The number of hydrogen-bond donors (Lipinski definition) is 3. The van der Waals surface area contributed by atoms with Crippen LogP contribution in [0.15, 0.2) is 53.4 Å². The highest BCUT2D eigenvalue weighted by atomic mass is 32.2. The summed E-state index contributed by atoms with van der Waals surface area (Å²) in [5.41, 5.74) is 3.23. The van der Waals surface area contributed by atoms with Crippen molar-refractivity contribution < 1.29 is 18.1 Å². The van der Waals surface area contributed by atoms with Gasteiger partial charge in [0.2, 0.25) is 0 Å². The number of sulfonamides is 1. The molecule has 9 nitrogen and oxygen atoms in total. The van der Waals surface area contributed by atoms with Crippen molar-refractivity contribution in [3.63, 3.8) is 0 Å². The SMILES string of the molecule is CCCCc1ccc(S(=O)(=O)NNC(=O)Nc2ccc([N+](=O)[O-])cc2)cc1. The molecule has 0 bridgehead atoms. The maximum atomic E-state index is 12.2. The zero-order valence-electron chi connectivity index (χ0n) is 14.6. The Morgan fingerprint density at radius 2 is 1.70 bits per heavy atom. The second kappa shape index (κ2) is 9.10. The van der Waals surface area contributed by atoms with Crippen molar-refractivity contribution in [3.8, 4) is 0 Å². The van der Waals surface area contributed by atoms with Gasteiger partial charge < -0.3 is 5.32 Å². The van der Waals surface area contributed by atoms with Crippen LogP contribution in [-0.4, -0.2) is 19.4 Å². The molecular formula is C17H20N4O5S. The van der Waals surface area contributed by atoms with Crippen molar-refractivity contribution in [1.82, 2.24) is 10.3 Å². The van der Waals surface area contributed by atoms with Gasteiger partial charge in [-0.3, -0.25) is 15.5 Å². The number of unbranched alkanes of at least 4 members (excludes halogenated alkanes) is 1. The Balaban J connectivity index is 1.91. The summed E-state index contributed by atoms with van der Waals surface area (Å²) in [6.45, 7) is 2.08. The van der Waals surface area contributed by atoms with Crippen molar-refractivity contribution in [1.29, 1.82) is 0 Å². The molecule has 0 saturated heterocycles. The second-order valence-electron chi connectivity index (χ2n) is 5.74. The van der Waals surface area contributed by atoms with Crippen molar-refractivity contribution >= 4 is 27.4 Å². The molecule has 0 heterocycles. The zero-order chi connectivity index (χ0) is 19.9. The maximum absolute atomic E-state index is 12.2. The normalized spacial score (nSPS) is 11.0. The number of nitro benzene ring substituents is 1. The predicted octanol–water partition coefficient (Wildman–Crippen LogP) is 2.95. The molecule has 2 rings (SSSR count). The van der Waals surface area contributed by atoms with Crippen molar-refractivity contribution in [2.75, 3.05) is 5.32 Å². The summed E-state index contributed by atoms with van der Waals surface area (Å²) in [5.74, 6) is 0. The number of carbonyl (C=O) groups excluding carboxylic acids is 1. The Morgan fingerprint density at radius 1 is 1.07 bits per heavy atom. The molecule has 3 N–H and O–H groups in total. The molecule has 27 heavy (non-hydrogen) atoms. The number of anilines is 1. The second-order valence-corrected chi connectivity index (χ2v) is 7.42. The van der Waals surface area contributed by atoms with Crippen LogP contribution in [0.3, 0.4) is 0 Å². The van der Waals surface area contributed by atoms with Gasteiger partial charge in [0.25, 0.3) is 15.7 Å².